The minimum Gasteiger partial charge on any atom is -0.481 e. The minimum absolute atomic E-state index is 0.0552. The topological polar surface area (TPSA) is 63.1 Å². The van der Waals surface area contributed by atoms with Crippen molar-refractivity contribution < 1.29 is 9.90 Å². The zero-order valence-corrected chi connectivity index (χ0v) is 11.2. The number of carboxylic acid groups (broad SMARTS) is 1. The second-order valence-corrected chi connectivity index (χ2v) is 5.95. The molecular weight excluding hydrogens is 256 g/mol. The summed E-state index contributed by atoms with van der Waals surface area (Å²) in [5, 5.41) is 12.8. The standard InChI is InChI=1S/C11H12N2O2S2/c1-6-9(4-11(14)15)17-10(12-6)3-8-5-16-7(2)13-8/h5H,3-4H2,1-2H3,(H,14,15). The monoisotopic (exact) mass is 268 g/mol. The molecule has 0 unspecified atom stereocenters. The van der Waals surface area contributed by atoms with E-state index in [-0.39, 0.29) is 6.42 Å². The summed E-state index contributed by atoms with van der Waals surface area (Å²) in [6.07, 6.45) is 0.745. The van der Waals surface area contributed by atoms with Gasteiger partial charge >= 0.3 is 5.97 Å². The highest BCUT2D eigenvalue weighted by Crippen LogP contribution is 2.22. The summed E-state index contributed by atoms with van der Waals surface area (Å²) >= 11 is 3.08. The quantitative estimate of drug-likeness (QED) is 0.925. The van der Waals surface area contributed by atoms with Gasteiger partial charge < -0.3 is 5.11 Å². The second kappa shape index (κ2) is 4.93. The summed E-state index contributed by atoms with van der Waals surface area (Å²) in [6.45, 7) is 3.82. The van der Waals surface area contributed by atoms with Crippen LogP contribution >= 0.6 is 22.7 Å². The molecule has 0 aliphatic heterocycles. The molecule has 0 aliphatic rings. The van der Waals surface area contributed by atoms with E-state index in [2.05, 4.69) is 9.97 Å². The Kier molecular flexibility index (Phi) is 3.54. The number of rotatable bonds is 4. The third-order valence-corrected chi connectivity index (χ3v) is 4.23. The van der Waals surface area contributed by atoms with E-state index in [0.717, 1.165) is 26.3 Å². The summed E-state index contributed by atoms with van der Waals surface area (Å²) < 4.78 is 0. The van der Waals surface area contributed by atoms with Gasteiger partial charge in [-0.1, -0.05) is 0 Å². The number of aromatic nitrogens is 2. The molecule has 0 amide bonds. The molecule has 0 radical (unpaired) electrons. The molecule has 4 nitrogen and oxygen atoms in total. The van der Waals surface area contributed by atoms with Crippen LogP contribution in [0, 0.1) is 13.8 Å². The molecular formula is C11H12N2O2S2. The third kappa shape index (κ3) is 3.10. The summed E-state index contributed by atoms with van der Waals surface area (Å²) in [7, 11) is 0. The first-order valence-electron chi connectivity index (χ1n) is 5.12. The number of hydrogen-bond donors (Lipinski definition) is 1. The van der Waals surface area contributed by atoms with Crippen molar-refractivity contribution in [3.05, 3.63) is 31.7 Å². The summed E-state index contributed by atoms with van der Waals surface area (Å²) in [5.74, 6) is -0.812. The normalized spacial score (nSPS) is 10.7. The van der Waals surface area contributed by atoms with Crippen LogP contribution in [0.3, 0.4) is 0 Å². The van der Waals surface area contributed by atoms with Gasteiger partial charge in [-0.3, -0.25) is 4.79 Å². The average molecular weight is 268 g/mol. The van der Waals surface area contributed by atoms with E-state index in [1.165, 1.54) is 11.3 Å². The van der Waals surface area contributed by atoms with E-state index in [1.54, 1.807) is 11.3 Å². The van der Waals surface area contributed by atoms with Gasteiger partial charge in [0.25, 0.3) is 0 Å². The molecule has 2 heterocycles. The molecule has 0 fully saturated rings. The lowest BCUT2D eigenvalue weighted by Crippen LogP contribution is -1.99. The van der Waals surface area contributed by atoms with E-state index in [9.17, 15) is 4.79 Å². The van der Waals surface area contributed by atoms with Gasteiger partial charge in [0.2, 0.25) is 0 Å². The van der Waals surface area contributed by atoms with Gasteiger partial charge in [0.15, 0.2) is 0 Å². The van der Waals surface area contributed by atoms with Crippen LogP contribution in [0.15, 0.2) is 5.38 Å². The SMILES string of the molecule is Cc1nc(Cc2nc(C)c(CC(=O)O)s2)cs1. The number of aryl methyl sites for hydroxylation is 2. The lowest BCUT2D eigenvalue weighted by molar-refractivity contribution is -0.136. The fourth-order valence-corrected chi connectivity index (χ4v) is 3.20. The van der Waals surface area contributed by atoms with Crippen molar-refractivity contribution >= 4 is 28.6 Å². The van der Waals surface area contributed by atoms with Crippen molar-refractivity contribution in [2.45, 2.75) is 26.7 Å². The van der Waals surface area contributed by atoms with Gasteiger partial charge in [0.05, 0.1) is 27.8 Å². The van der Waals surface area contributed by atoms with Crippen molar-refractivity contribution in [1.29, 1.82) is 0 Å². The van der Waals surface area contributed by atoms with Crippen LogP contribution in [0.2, 0.25) is 0 Å². The molecule has 0 atom stereocenters. The van der Waals surface area contributed by atoms with Crippen LogP contribution in [0.4, 0.5) is 0 Å². The van der Waals surface area contributed by atoms with Crippen LogP contribution < -0.4 is 0 Å². The molecule has 2 aromatic rings. The highest BCUT2D eigenvalue weighted by molar-refractivity contribution is 7.12. The van der Waals surface area contributed by atoms with Crippen molar-refractivity contribution in [2.24, 2.45) is 0 Å². The fraction of sp³-hybridized carbons (Fsp3) is 0.364. The molecule has 6 heteroatoms. The third-order valence-electron chi connectivity index (χ3n) is 2.25. The summed E-state index contributed by atoms with van der Waals surface area (Å²) in [6, 6.07) is 0. The predicted octanol–water partition coefficient (Wildman–Crippen LogP) is 2.43. The van der Waals surface area contributed by atoms with Crippen LogP contribution in [0.1, 0.15) is 26.3 Å². The minimum atomic E-state index is -0.812. The second-order valence-electron chi connectivity index (χ2n) is 3.72. The van der Waals surface area contributed by atoms with E-state index < -0.39 is 5.97 Å². The molecule has 0 aliphatic carbocycles. The largest absolute Gasteiger partial charge is 0.481 e. The Morgan fingerprint density at radius 2 is 2.18 bits per heavy atom. The maximum Gasteiger partial charge on any atom is 0.308 e. The van der Waals surface area contributed by atoms with Crippen LogP contribution in [-0.2, 0) is 17.6 Å². The molecule has 2 rings (SSSR count). The van der Waals surface area contributed by atoms with E-state index in [4.69, 9.17) is 5.11 Å². The Labute approximate surface area is 107 Å². The van der Waals surface area contributed by atoms with Gasteiger partial charge in [-0.15, -0.1) is 22.7 Å². The first kappa shape index (κ1) is 12.2. The number of nitrogens with zero attached hydrogens (tertiary/aromatic N) is 2. The van der Waals surface area contributed by atoms with Gasteiger partial charge in [0.1, 0.15) is 0 Å². The molecule has 0 saturated heterocycles. The van der Waals surface area contributed by atoms with E-state index in [0.29, 0.717) is 6.42 Å². The first-order chi connectivity index (χ1) is 8.04. The Morgan fingerprint density at radius 3 is 2.76 bits per heavy atom. The maximum absolute atomic E-state index is 10.7. The molecule has 2 aromatic heterocycles. The number of thiazole rings is 2. The van der Waals surface area contributed by atoms with Crippen molar-refractivity contribution in [3.63, 3.8) is 0 Å². The van der Waals surface area contributed by atoms with E-state index >= 15 is 0 Å². The summed E-state index contributed by atoms with van der Waals surface area (Å²) in [4.78, 5) is 20.3. The molecule has 17 heavy (non-hydrogen) atoms. The highest BCUT2D eigenvalue weighted by Gasteiger charge is 2.12. The number of carbonyl (C=O) groups is 1. The number of carboxylic acids is 1. The molecule has 0 spiro atoms. The molecule has 90 valence electrons. The lowest BCUT2D eigenvalue weighted by Gasteiger charge is -1.90. The highest BCUT2D eigenvalue weighted by atomic mass is 32.1. The van der Waals surface area contributed by atoms with Crippen molar-refractivity contribution in [1.82, 2.24) is 9.97 Å². The van der Waals surface area contributed by atoms with Crippen molar-refractivity contribution in [3.8, 4) is 0 Å². The van der Waals surface area contributed by atoms with Gasteiger partial charge in [0, 0.05) is 16.7 Å². The Bertz CT molecular complexity index is 545. The number of aliphatic carboxylic acids is 1. The molecule has 1 N–H and O–H groups in total. The average Bonchev–Trinajstić information content (AvgIpc) is 2.74. The first-order valence-corrected chi connectivity index (χ1v) is 6.82. The molecule has 0 saturated carbocycles. The zero-order valence-electron chi connectivity index (χ0n) is 9.56. The smallest absolute Gasteiger partial charge is 0.308 e. The van der Waals surface area contributed by atoms with Gasteiger partial charge in [-0.25, -0.2) is 9.97 Å². The zero-order chi connectivity index (χ0) is 12.4. The van der Waals surface area contributed by atoms with E-state index in [1.807, 2.05) is 19.2 Å². The van der Waals surface area contributed by atoms with Gasteiger partial charge in [-0.05, 0) is 13.8 Å². The lowest BCUT2D eigenvalue weighted by atomic mass is 10.3. The van der Waals surface area contributed by atoms with Crippen LogP contribution in [-0.4, -0.2) is 21.0 Å². The van der Waals surface area contributed by atoms with Crippen molar-refractivity contribution in [2.75, 3.05) is 0 Å². The summed E-state index contributed by atoms with van der Waals surface area (Å²) in [5.41, 5.74) is 1.82. The maximum atomic E-state index is 10.7. The predicted molar refractivity (Wildman–Crippen MR) is 67.8 cm³/mol. The van der Waals surface area contributed by atoms with Gasteiger partial charge in [-0.2, -0.15) is 0 Å². The number of hydrogen-bond acceptors (Lipinski definition) is 5. The van der Waals surface area contributed by atoms with Crippen LogP contribution in [0.25, 0.3) is 0 Å². The Morgan fingerprint density at radius 1 is 1.41 bits per heavy atom. The molecule has 0 aromatic carbocycles. The fourth-order valence-electron chi connectivity index (χ4n) is 1.51. The van der Waals surface area contributed by atoms with Crippen LogP contribution in [0.5, 0.6) is 0 Å². The molecule has 0 bridgehead atoms. The Balaban J connectivity index is 2.14. The Hall–Kier alpha value is -1.27.